The highest BCUT2D eigenvalue weighted by Gasteiger charge is 2.29. The lowest BCUT2D eigenvalue weighted by Gasteiger charge is -2.35. The minimum Gasteiger partial charge on any atom is -0.369 e. The molecule has 202 valence electrons. The first-order valence-corrected chi connectivity index (χ1v) is 14.6. The molecule has 1 aliphatic heterocycles. The molecule has 0 bridgehead atoms. The normalized spacial score (nSPS) is 14.4. The van der Waals surface area contributed by atoms with Crippen molar-refractivity contribution in [2.24, 2.45) is 7.05 Å². The van der Waals surface area contributed by atoms with Gasteiger partial charge in [0.25, 0.3) is 5.91 Å². The fourth-order valence-corrected chi connectivity index (χ4v) is 6.46. The van der Waals surface area contributed by atoms with Gasteiger partial charge in [-0.3, -0.25) is 9.48 Å². The second-order valence-corrected chi connectivity index (χ2v) is 12.1. The molecule has 4 aromatic rings. The molecule has 1 amide bonds. The number of rotatable bonds is 6. The van der Waals surface area contributed by atoms with Crippen LogP contribution in [0.5, 0.6) is 0 Å². The van der Waals surface area contributed by atoms with Gasteiger partial charge in [0.05, 0.1) is 10.6 Å². The molecular weight excluding hydrogens is 585 g/mol. The summed E-state index contributed by atoms with van der Waals surface area (Å²) in [5.41, 5.74) is 3.52. The van der Waals surface area contributed by atoms with Crippen molar-refractivity contribution in [1.82, 2.24) is 14.1 Å². The van der Waals surface area contributed by atoms with Gasteiger partial charge in [-0.05, 0) is 67.1 Å². The second-order valence-electron chi connectivity index (χ2n) is 9.29. The zero-order chi connectivity index (χ0) is 27.7. The number of amides is 1. The second kappa shape index (κ2) is 10.9. The van der Waals surface area contributed by atoms with Gasteiger partial charge in [-0.2, -0.15) is 9.40 Å². The van der Waals surface area contributed by atoms with Crippen LogP contribution in [0.3, 0.4) is 0 Å². The van der Waals surface area contributed by atoms with E-state index >= 15 is 0 Å². The van der Waals surface area contributed by atoms with E-state index in [1.165, 1.54) is 28.6 Å². The van der Waals surface area contributed by atoms with Crippen molar-refractivity contribution in [1.29, 1.82) is 0 Å². The van der Waals surface area contributed by atoms with Crippen LogP contribution >= 0.6 is 15.9 Å². The molecule has 39 heavy (non-hydrogen) atoms. The van der Waals surface area contributed by atoms with Crippen LogP contribution in [0.2, 0.25) is 0 Å². The maximum absolute atomic E-state index is 13.4. The van der Waals surface area contributed by atoms with Crippen molar-refractivity contribution < 1.29 is 17.6 Å². The van der Waals surface area contributed by atoms with Crippen LogP contribution in [0.1, 0.15) is 16.1 Å². The predicted octanol–water partition coefficient (Wildman–Crippen LogP) is 5.06. The fourth-order valence-electron chi connectivity index (χ4n) is 4.73. The highest BCUT2D eigenvalue weighted by atomic mass is 79.9. The van der Waals surface area contributed by atoms with Gasteiger partial charge in [-0.1, -0.05) is 34.1 Å². The predicted molar refractivity (Wildman–Crippen MR) is 153 cm³/mol. The van der Waals surface area contributed by atoms with Crippen LogP contribution < -0.4 is 10.2 Å². The van der Waals surface area contributed by atoms with Gasteiger partial charge in [-0.25, -0.2) is 12.8 Å². The molecule has 1 fully saturated rings. The SMILES string of the molecule is Cc1nn(C)c(NC(=O)c2cccc(S(=O)(=O)N3CCN(c4ccc(F)cc4)CC3)c2)c1-c1ccc(Br)cc1. The lowest BCUT2D eigenvalue weighted by atomic mass is 10.1. The minimum atomic E-state index is -3.82. The Bertz CT molecular complexity index is 1610. The Hall–Kier alpha value is -3.54. The molecule has 0 unspecified atom stereocenters. The van der Waals surface area contributed by atoms with Crippen LogP contribution in [0.15, 0.2) is 82.2 Å². The van der Waals surface area contributed by atoms with Gasteiger partial charge in [0, 0.05) is 54.5 Å². The van der Waals surface area contributed by atoms with E-state index in [2.05, 4.69) is 26.3 Å². The first kappa shape index (κ1) is 27.0. The van der Waals surface area contributed by atoms with Crippen molar-refractivity contribution in [3.05, 3.63) is 94.3 Å². The molecule has 0 atom stereocenters. The molecule has 1 aromatic heterocycles. The molecule has 2 heterocycles. The molecule has 0 radical (unpaired) electrons. The van der Waals surface area contributed by atoms with Gasteiger partial charge < -0.3 is 10.2 Å². The number of aromatic nitrogens is 2. The van der Waals surface area contributed by atoms with Gasteiger partial charge in [0.15, 0.2) is 0 Å². The summed E-state index contributed by atoms with van der Waals surface area (Å²) in [4.78, 5) is 15.4. The molecule has 0 aliphatic carbocycles. The van der Waals surface area contributed by atoms with E-state index in [4.69, 9.17) is 0 Å². The molecule has 5 rings (SSSR count). The van der Waals surface area contributed by atoms with Crippen molar-refractivity contribution in [2.75, 3.05) is 36.4 Å². The summed E-state index contributed by atoms with van der Waals surface area (Å²) in [6.07, 6.45) is 0. The molecule has 1 aliphatic rings. The Labute approximate surface area is 235 Å². The average molecular weight is 613 g/mol. The first-order valence-electron chi connectivity index (χ1n) is 12.3. The lowest BCUT2D eigenvalue weighted by Crippen LogP contribution is -2.48. The standard InChI is InChI=1S/C28H27BrFN5O3S/c1-19-26(20-6-8-22(29)9-7-20)27(33(2)32-19)31-28(36)21-4-3-5-25(18-21)39(37,38)35-16-14-34(15-17-35)24-12-10-23(30)11-13-24/h3-13,18H,14-17H2,1-2H3,(H,31,36). The zero-order valence-electron chi connectivity index (χ0n) is 21.4. The molecule has 0 spiro atoms. The van der Waals surface area contributed by atoms with Gasteiger partial charge in [0.2, 0.25) is 10.0 Å². The number of piperazine rings is 1. The zero-order valence-corrected chi connectivity index (χ0v) is 23.8. The van der Waals surface area contributed by atoms with E-state index in [0.29, 0.717) is 18.9 Å². The van der Waals surface area contributed by atoms with Crippen molar-refractivity contribution in [3.63, 3.8) is 0 Å². The average Bonchev–Trinajstić information content (AvgIpc) is 3.21. The van der Waals surface area contributed by atoms with Crippen LogP contribution in [-0.4, -0.2) is 54.6 Å². The molecule has 8 nitrogen and oxygen atoms in total. The van der Waals surface area contributed by atoms with E-state index in [9.17, 15) is 17.6 Å². The Morgan fingerprint density at radius 3 is 2.31 bits per heavy atom. The number of hydrogen-bond donors (Lipinski definition) is 1. The number of benzene rings is 3. The molecular formula is C28H27BrFN5O3S. The Balaban J connectivity index is 1.33. The van der Waals surface area contributed by atoms with Gasteiger partial charge in [-0.15, -0.1) is 0 Å². The maximum atomic E-state index is 13.4. The summed E-state index contributed by atoms with van der Waals surface area (Å²) in [5.74, 6) is -0.230. The van der Waals surface area contributed by atoms with E-state index < -0.39 is 15.9 Å². The van der Waals surface area contributed by atoms with Crippen molar-refractivity contribution >= 4 is 43.4 Å². The number of nitrogens with one attached hydrogen (secondary N) is 1. The summed E-state index contributed by atoms with van der Waals surface area (Å²) >= 11 is 3.44. The monoisotopic (exact) mass is 611 g/mol. The number of carbonyl (C=O) groups excluding carboxylic acids is 1. The number of aryl methyl sites for hydroxylation is 2. The topological polar surface area (TPSA) is 87.5 Å². The quantitative estimate of drug-likeness (QED) is 0.329. The number of carbonyl (C=O) groups is 1. The van der Waals surface area contributed by atoms with E-state index in [1.54, 1.807) is 36.0 Å². The van der Waals surface area contributed by atoms with Crippen LogP contribution in [0.25, 0.3) is 11.1 Å². The Kier molecular flexibility index (Phi) is 7.57. The van der Waals surface area contributed by atoms with Crippen LogP contribution in [-0.2, 0) is 17.1 Å². The summed E-state index contributed by atoms with van der Waals surface area (Å²) in [6, 6.07) is 19.9. The number of nitrogens with zero attached hydrogens (tertiary/aromatic N) is 4. The summed E-state index contributed by atoms with van der Waals surface area (Å²) in [7, 11) is -2.07. The number of halogens is 2. The van der Waals surface area contributed by atoms with Crippen LogP contribution in [0.4, 0.5) is 15.9 Å². The highest BCUT2D eigenvalue weighted by Crippen LogP contribution is 2.32. The van der Waals surface area contributed by atoms with Gasteiger partial charge >= 0.3 is 0 Å². The summed E-state index contributed by atoms with van der Waals surface area (Å²) < 4.78 is 44.1. The molecule has 3 aromatic carbocycles. The summed E-state index contributed by atoms with van der Waals surface area (Å²) in [6.45, 7) is 3.38. The Morgan fingerprint density at radius 1 is 0.974 bits per heavy atom. The molecule has 11 heteroatoms. The molecule has 1 saturated heterocycles. The maximum Gasteiger partial charge on any atom is 0.256 e. The molecule has 0 saturated carbocycles. The Morgan fingerprint density at radius 2 is 1.64 bits per heavy atom. The number of hydrogen-bond acceptors (Lipinski definition) is 5. The molecule has 1 N–H and O–H groups in total. The largest absolute Gasteiger partial charge is 0.369 e. The van der Waals surface area contributed by atoms with E-state index in [-0.39, 0.29) is 29.4 Å². The summed E-state index contributed by atoms with van der Waals surface area (Å²) in [5, 5.41) is 7.40. The fraction of sp³-hybridized carbons (Fsp3) is 0.214. The third kappa shape index (κ3) is 5.61. The van der Waals surface area contributed by atoms with E-state index in [0.717, 1.165) is 27.0 Å². The van der Waals surface area contributed by atoms with Crippen molar-refractivity contribution in [2.45, 2.75) is 11.8 Å². The third-order valence-corrected chi connectivity index (χ3v) is 9.17. The van der Waals surface area contributed by atoms with E-state index in [1.807, 2.05) is 36.1 Å². The number of anilines is 2. The number of sulfonamides is 1. The minimum absolute atomic E-state index is 0.0553. The highest BCUT2D eigenvalue weighted by molar-refractivity contribution is 9.10. The van der Waals surface area contributed by atoms with Gasteiger partial charge in [0.1, 0.15) is 11.6 Å². The van der Waals surface area contributed by atoms with Crippen LogP contribution in [0, 0.1) is 12.7 Å². The lowest BCUT2D eigenvalue weighted by molar-refractivity contribution is 0.102. The first-order chi connectivity index (χ1) is 18.6. The van der Waals surface area contributed by atoms with Crippen molar-refractivity contribution in [3.8, 4) is 11.1 Å². The smallest absolute Gasteiger partial charge is 0.256 e. The third-order valence-electron chi connectivity index (χ3n) is 6.75.